The maximum Gasteiger partial charge on any atom is 0.265 e. The molecular formula is C17H16BrFN2O4. The molecule has 0 aliphatic carbocycles. The Morgan fingerprint density at radius 2 is 2.08 bits per heavy atom. The highest BCUT2D eigenvalue weighted by Gasteiger charge is 2.09. The van der Waals surface area contributed by atoms with E-state index in [9.17, 15) is 9.18 Å². The molecule has 0 heterocycles. The molecule has 0 atom stereocenters. The highest BCUT2D eigenvalue weighted by molar-refractivity contribution is 9.10. The lowest BCUT2D eigenvalue weighted by Crippen LogP contribution is -2.17. The predicted molar refractivity (Wildman–Crippen MR) is 95.8 cm³/mol. The number of nitrogens with one attached hydrogen (secondary N) is 1. The normalized spacial score (nSPS) is 10.6. The van der Waals surface area contributed by atoms with Gasteiger partial charge in [-0.2, -0.15) is 0 Å². The van der Waals surface area contributed by atoms with E-state index in [0.29, 0.717) is 21.5 Å². The molecular weight excluding hydrogens is 395 g/mol. The van der Waals surface area contributed by atoms with E-state index in [-0.39, 0.29) is 12.3 Å². The van der Waals surface area contributed by atoms with Crippen LogP contribution >= 0.6 is 15.9 Å². The van der Waals surface area contributed by atoms with Crippen molar-refractivity contribution in [2.75, 3.05) is 26.1 Å². The molecule has 2 aromatic carbocycles. The number of nitrogens with zero attached hydrogens (tertiary/aromatic N) is 1. The number of rotatable bonds is 7. The third-order valence-electron chi connectivity index (χ3n) is 3.10. The minimum Gasteiger partial charge on any atom is -0.493 e. The Labute approximate surface area is 152 Å². The molecule has 0 spiro atoms. The number of hydrogen-bond acceptors (Lipinski definition) is 5. The summed E-state index contributed by atoms with van der Waals surface area (Å²) in [7, 11) is 3.04. The van der Waals surface area contributed by atoms with Crippen molar-refractivity contribution in [1.29, 1.82) is 0 Å². The Morgan fingerprint density at radius 3 is 2.76 bits per heavy atom. The van der Waals surface area contributed by atoms with Gasteiger partial charge in [0.25, 0.3) is 5.91 Å². The molecule has 0 aromatic heterocycles. The minimum atomic E-state index is -0.549. The number of benzene rings is 2. The molecule has 132 valence electrons. The van der Waals surface area contributed by atoms with Crippen LogP contribution in [0.15, 0.2) is 46.0 Å². The number of ether oxygens (including phenoxy) is 2. The molecule has 8 heteroatoms. The molecule has 25 heavy (non-hydrogen) atoms. The second-order valence-electron chi connectivity index (χ2n) is 4.76. The van der Waals surface area contributed by atoms with Gasteiger partial charge in [-0.15, -0.1) is 0 Å². The molecule has 0 saturated heterocycles. The van der Waals surface area contributed by atoms with Gasteiger partial charge in [-0.05, 0) is 30.3 Å². The molecule has 6 nitrogen and oxygen atoms in total. The van der Waals surface area contributed by atoms with Crippen LogP contribution in [0.1, 0.15) is 5.56 Å². The summed E-state index contributed by atoms with van der Waals surface area (Å²) < 4.78 is 24.6. The van der Waals surface area contributed by atoms with Gasteiger partial charge in [-0.3, -0.25) is 4.79 Å². The highest BCUT2D eigenvalue weighted by atomic mass is 79.9. The van der Waals surface area contributed by atoms with Crippen molar-refractivity contribution in [3.05, 3.63) is 52.3 Å². The zero-order chi connectivity index (χ0) is 18.2. The predicted octanol–water partition coefficient (Wildman–Crippen LogP) is 3.59. The fraction of sp³-hybridized carbons (Fsp3) is 0.176. The SMILES string of the molecule is COc1cccc(/C=N\OCC(=O)Nc2ccc(Br)cc2F)c1OC. The van der Waals surface area contributed by atoms with Gasteiger partial charge in [0.2, 0.25) is 0 Å². The second-order valence-corrected chi connectivity index (χ2v) is 5.68. The van der Waals surface area contributed by atoms with E-state index in [1.54, 1.807) is 24.3 Å². The Kier molecular flexibility index (Phi) is 6.76. The lowest BCUT2D eigenvalue weighted by atomic mass is 10.2. The Hall–Kier alpha value is -2.61. The summed E-state index contributed by atoms with van der Waals surface area (Å²) in [5.41, 5.74) is 0.691. The number of halogens is 2. The van der Waals surface area contributed by atoms with Crippen LogP contribution in [-0.4, -0.2) is 32.9 Å². The second kappa shape index (κ2) is 9.03. The van der Waals surface area contributed by atoms with Crippen molar-refractivity contribution >= 4 is 33.7 Å². The van der Waals surface area contributed by atoms with Crippen molar-refractivity contribution < 1.29 is 23.5 Å². The molecule has 1 N–H and O–H groups in total. The number of oxime groups is 1. The third-order valence-corrected chi connectivity index (χ3v) is 3.59. The molecule has 0 unspecified atom stereocenters. The molecule has 0 bridgehead atoms. The van der Waals surface area contributed by atoms with Gasteiger partial charge < -0.3 is 19.6 Å². The number of para-hydroxylation sites is 1. The minimum absolute atomic E-state index is 0.0650. The van der Waals surface area contributed by atoms with Gasteiger partial charge in [0.1, 0.15) is 5.82 Å². The van der Waals surface area contributed by atoms with E-state index in [4.69, 9.17) is 14.3 Å². The zero-order valence-corrected chi connectivity index (χ0v) is 15.2. The van der Waals surface area contributed by atoms with Crippen molar-refractivity contribution in [3.63, 3.8) is 0 Å². The summed E-state index contributed by atoms with van der Waals surface area (Å²) in [6.07, 6.45) is 1.40. The van der Waals surface area contributed by atoms with Crippen molar-refractivity contribution in [2.24, 2.45) is 5.16 Å². The van der Waals surface area contributed by atoms with E-state index < -0.39 is 11.7 Å². The van der Waals surface area contributed by atoms with E-state index >= 15 is 0 Å². The lowest BCUT2D eigenvalue weighted by Gasteiger charge is -2.09. The van der Waals surface area contributed by atoms with Gasteiger partial charge in [-0.1, -0.05) is 27.2 Å². The average molecular weight is 411 g/mol. The number of anilines is 1. The van der Waals surface area contributed by atoms with E-state index in [1.165, 1.54) is 32.6 Å². The Morgan fingerprint density at radius 1 is 1.28 bits per heavy atom. The summed E-state index contributed by atoms with van der Waals surface area (Å²) in [5.74, 6) is -0.0306. The van der Waals surface area contributed by atoms with Crippen LogP contribution in [-0.2, 0) is 9.63 Å². The monoisotopic (exact) mass is 410 g/mol. The van der Waals surface area contributed by atoms with Gasteiger partial charge in [0.15, 0.2) is 18.1 Å². The molecule has 0 radical (unpaired) electrons. The smallest absolute Gasteiger partial charge is 0.265 e. The van der Waals surface area contributed by atoms with Crippen LogP contribution in [0.5, 0.6) is 11.5 Å². The van der Waals surface area contributed by atoms with Crippen molar-refractivity contribution in [1.82, 2.24) is 0 Å². The van der Waals surface area contributed by atoms with E-state index in [2.05, 4.69) is 26.4 Å². The van der Waals surface area contributed by atoms with E-state index in [1.807, 2.05) is 0 Å². The van der Waals surface area contributed by atoms with Gasteiger partial charge in [0, 0.05) is 10.0 Å². The van der Waals surface area contributed by atoms with Crippen LogP contribution in [0.4, 0.5) is 10.1 Å². The Balaban J connectivity index is 1.92. The molecule has 2 rings (SSSR count). The zero-order valence-electron chi connectivity index (χ0n) is 13.6. The van der Waals surface area contributed by atoms with Crippen LogP contribution in [0.2, 0.25) is 0 Å². The van der Waals surface area contributed by atoms with Gasteiger partial charge >= 0.3 is 0 Å². The summed E-state index contributed by atoms with van der Waals surface area (Å²) in [5, 5.41) is 6.12. The summed E-state index contributed by atoms with van der Waals surface area (Å²) in [4.78, 5) is 16.7. The number of carbonyl (C=O) groups is 1. The quantitative estimate of drug-likeness (QED) is 0.559. The largest absolute Gasteiger partial charge is 0.493 e. The standard InChI is InChI=1S/C17H16BrFN2O4/c1-23-15-5-3-4-11(17(15)24-2)9-20-25-10-16(22)21-14-7-6-12(18)8-13(14)19/h3-9H,10H2,1-2H3,(H,21,22)/b20-9-. The highest BCUT2D eigenvalue weighted by Crippen LogP contribution is 2.29. The van der Waals surface area contributed by atoms with Crippen LogP contribution < -0.4 is 14.8 Å². The maximum atomic E-state index is 13.6. The first-order valence-corrected chi connectivity index (χ1v) is 7.95. The lowest BCUT2D eigenvalue weighted by molar-refractivity contribution is -0.120. The topological polar surface area (TPSA) is 69.2 Å². The number of carbonyl (C=O) groups excluding carboxylic acids is 1. The fourth-order valence-corrected chi connectivity index (χ4v) is 2.31. The molecule has 0 saturated carbocycles. The summed E-state index contributed by atoms with van der Waals surface area (Å²) in [6.45, 7) is -0.363. The summed E-state index contributed by atoms with van der Waals surface area (Å²) in [6, 6.07) is 9.59. The van der Waals surface area contributed by atoms with Crippen LogP contribution in [0.3, 0.4) is 0 Å². The number of amides is 1. The first kappa shape index (κ1) is 18.7. The molecule has 0 aliphatic rings. The van der Waals surface area contributed by atoms with E-state index in [0.717, 1.165) is 0 Å². The first-order valence-electron chi connectivity index (χ1n) is 7.16. The number of hydrogen-bond donors (Lipinski definition) is 1. The molecule has 0 aliphatic heterocycles. The molecule has 2 aromatic rings. The van der Waals surface area contributed by atoms with Gasteiger partial charge in [-0.25, -0.2) is 4.39 Å². The summed E-state index contributed by atoms with van der Waals surface area (Å²) >= 11 is 3.14. The Bertz CT molecular complexity index is 783. The van der Waals surface area contributed by atoms with Gasteiger partial charge in [0.05, 0.1) is 26.1 Å². The molecule has 0 fully saturated rings. The first-order chi connectivity index (χ1) is 12.0. The van der Waals surface area contributed by atoms with Crippen LogP contribution in [0, 0.1) is 5.82 Å². The average Bonchev–Trinajstić information content (AvgIpc) is 2.60. The fourth-order valence-electron chi connectivity index (χ4n) is 1.98. The number of methoxy groups -OCH3 is 2. The van der Waals surface area contributed by atoms with Crippen molar-refractivity contribution in [2.45, 2.75) is 0 Å². The molecule has 1 amide bonds. The van der Waals surface area contributed by atoms with Crippen molar-refractivity contribution in [3.8, 4) is 11.5 Å². The van der Waals surface area contributed by atoms with Crippen LogP contribution in [0.25, 0.3) is 0 Å². The third kappa shape index (κ3) is 5.18. The maximum absolute atomic E-state index is 13.6.